The fourth-order valence-corrected chi connectivity index (χ4v) is 3.90. The summed E-state index contributed by atoms with van der Waals surface area (Å²) in [5.41, 5.74) is 1.63. The quantitative estimate of drug-likeness (QED) is 0.256. The monoisotopic (exact) mass is 494 g/mol. The minimum atomic E-state index is -0.389. The van der Waals surface area contributed by atoms with Crippen LogP contribution in [0.1, 0.15) is 26.4 Å². The number of benzene rings is 4. The Morgan fingerprint density at radius 1 is 0.595 bits per heavy atom. The molecule has 0 fully saturated rings. The standard InChI is InChI=1S/C29H22N2O6/c1-17-12-26(36-24-10-8-18-13-22(27(32)34-2)6-4-20(18)15-24)31-29(30-17)37-25-11-9-19-14-23(28(33)35-3)7-5-21(19)16-25/h4-16H,1-3H3. The lowest BCUT2D eigenvalue weighted by Crippen LogP contribution is -2.00. The van der Waals surface area contributed by atoms with Crippen molar-refractivity contribution in [3.8, 4) is 23.4 Å². The minimum Gasteiger partial charge on any atom is -0.465 e. The van der Waals surface area contributed by atoms with Crippen LogP contribution in [0, 0.1) is 6.92 Å². The molecule has 0 aliphatic heterocycles. The van der Waals surface area contributed by atoms with Crippen molar-refractivity contribution in [2.45, 2.75) is 6.92 Å². The van der Waals surface area contributed by atoms with E-state index < -0.39 is 0 Å². The van der Waals surface area contributed by atoms with Crippen LogP contribution in [-0.2, 0) is 9.47 Å². The predicted octanol–water partition coefficient (Wildman–Crippen LogP) is 6.25. The highest BCUT2D eigenvalue weighted by Gasteiger charge is 2.11. The van der Waals surface area contributed by atoms with E-state index in [0.29, 0.717) is 34.2 Å². The number of esters is 2. The van der Waals surface area contributed by atoms with Gasteiger partial charge in [0.1, 0.15) is 11.5 Å². The average molecular weight is 495 g/mol. The van der Waals surface area contributed by atoms with Gasteiger partial charge in [-0.3, -0.25) is 0 Å². The van der Waals surface area contributed by atoms with Gasteiger partial charge < -0.3 is 18.9 Å². The fraction of sp³-hybridized carbons (Fsp3) is 0.103. The summed E-state index contributed by atoms with van der Waals surface area (Å²) in [4.78, 5) is 32.3. The van der Waals surface area contributed by atoms with Crippen LogP contribution < -0.4 is 9.47 Å². The molecule has 0 atom stereocenters. The second kappa shape index (κ2) is 9.94. The summed E-state index contributed by atoms with van der Waals surface area (Å²) in [7, 11) is 2.71. The molecule has 0 radical (unpaired) electrons. The summed E-state index contributed by atoms with van der Waals surface area (Å²) in [5, 5.41) is 3.55. The van der Waals surface area contributed by atoms with E-state index in [1.807, 2.05) is 43.3 Å². The molecule has 0 unspecified atom stereocenters. The lowest BCUT2D eigenvalue weighted by atomic mass is 10.1. The van der Waals surface area contributed by atoms with E-state index in [9.17, 15) is 9.59 Å². The third kappa shape index (κ3) is 5.18. The molecule has 4 aromatic carbocycles. The van der Waals surface area contributed by atoms with Crippen molar-refractivity contribution in [1.82, 2.24) is 9.97 Å². The molecule has 1 heterocycles. The summed E-state index contributed by atoms with van der Waals surface area (Å²) in [6, 6.07) is 23.5. The van der Waals surface area contributed by atoms with Crippen LogP contribution in [0.3, 0.4) is 0 Å². The van der Waals surface area contributed by atoms with Crippen molar-refractivity contribution in [2.75, 3.05) is 14.2 Å². The van der Waals surface area contributed by atoms with Crippen molar-refractivity contribution in [1.29, 1.82) is 0 Å². The highest BCUT2D eigenvalue weighted by Crippen LogP contribution is 2.29. The summed E-state index contributed by atoms with van der Waals surface area (Å²) >= 11 is 0. The first-order valence-corrected chi connectivity index (χ1v) is 11.4. The number of ether oxygens (including phenoxy) is 4. The number of rotatable bonds is 6. The largest absolute Gasteiger partial charge is 0.465 e. The van der Waals surface area contributed by atoms with E-state index in [4.69, 9.17) is 18.9 Å². The van der Waals surface area contributed by atoms with Crippen LogP contribution in [0.25, 0.3) is 21.5 Å². The molecule has 1 aromatic heterocycles. The maximum atomic E-state index is 11.8. The van der Waals surface area contributed by atoms with Crippen LogP contribution in [-0.4, -0.2) is 36.1 Å². The first kappa shape index (κ1) is 23.7. The number of hydrogen-bond donors (Lipinski definition) is 0. The minimum absolute atomic E-state index is 0.143. The molecule has 0 N–H and O–H groups in total. The molecule has 37 heavy (non-hydrogen) atoms. The molecule has 0 saturated carbocycles. The van der Waals surface area contributed by atoms with Gasteiger partial charge in [-0.2, -0.15) is 9.97 Å². The molecule has 5 aromatic rings. The second-order valence-electron chi connectivity index (χ2n) is 8.26. The number of methoxy groups -OCH3 is 2. The van der Waals surface area contributed by atoms with Gasteiger partial charge in [-0.15, -0.1) is 0 Å². The van der Waals surface area contributed by atoms with Crippen molar-refractivity contribution in [2.24, 2.45) is 0 Å². The molecule has 184 valence electrons. The third-order valence-electron chi connectivity index (χ3n) is 5.71. The van der Waals surface area contributed by atoms with Crippen LogP contribution >= 0.6 is 0 Å². The van der Waals surface area contributed by atoms with Gasteiger partial charge in [0.15, 0.2) is 0 Å². The zero-order valence-electron chi connectivity index (χ0n) is 20.3. The molecule has 5 rings (SSSR count). The number of hydrogen-bond acceptors (Lipinski definition) is 8. The van der Waals surface area contributed by atoms with Gasteiger partial charge in [0, 0.05) is 11.8 Å². The fourth-order valence-electron chi connectivity index (χ4n) is 3.90. The van der Waals surface area contributed by atoms with Crippen LogP contribution in [0.15, 0.2) is 78.9 Å². The van der Waals surface area contributed by atoms with E-state index in [1.165, 1.54) is 14.2 Å². The van der Waals surface area contributed by atoms with E-state index in [1.54, 1.807) is 42.5 Å². The first-order valence-electron chi connectivity index (χ1n) is 11.4. The molecule has 0 aliphatic rings. The Morgan fingerprint density at radius 2 is 1.08 bits per heavy atom. The summed E-state index contributed by atoms with van der Waals surface area (Å²) in [5.74, 6) is 0.678. The van der Waals surface area contributed by atoms with Gasteiger partial charge in [-0.05, 0) is 77.0 Å². The molecular weight excluding hydrogens is 472 g/mol. The Morgan fingerprint density at radius 3 is 1.62 bits per heavy atom. The number of aryl methyl sites for hydroxylation is 1. The number of fused-ring (bicyclic) bond motifs is 2. The van der Waals surface area contributed by atoms with Gasteiger partial charge in [0.2, 0.25) is 5.88 Å². The van der Waals surface area contributed by atoms with Crippen molar-refractivity contribution >= 4 is 33.5 Å². The van der Waals surface area contributed by atoms with Gasteiger partial charge >= 0.3 is 17.9 Å². The van der Waals surface area contributed by atoms with E-state index in [-0.39, 0.29) is 17.9 Å². The lowest BCUT2D eigenvalue weighted by Gasteiger charge is -2.10. The van der Waals surface area contributed by atoms with Crippen molar-refractivity contribution < 1.29 is 28.5 Å². The van der Waals surface area contributed by atoms with Crippen molar-refractivity contribution in [3.63, 3.8) is 0 Å². The summed E-state index contributed by atoms with van der Waals surface area (Å²) < 4.78 is 21.5. The number of aromatic nitrogens is 2. The summed E-state index contributed by atoms with van der Waals surface area (Å²) in [6.07, 6.45) is 0. The number of nitrogens with zero attached hydrogens (tertiary/aromatic N) is 2. The topological polar surface area (TPSA) is 96.8 Å². The Bertz CT molecular complexity index is 1540. The zero-order valence-corrected chi connectivity index (χ0v) is 20.3. The Hall–Kier alpha value is -4.98. The zero-order chi connectivity index (χ0) is 25.9. The first-order chi connectivity index (χ1) is 17.9. The third-order valence-corrected chi connectivity index (χ3v) is 5.71. The molecule has 0 saturated heterocycles. The molecule has 0 bridgehead atoms. The molecule has 8 nitrogen and oxygen atoms in total. The number of carbonyl (C=O) groups excluding carboxylic acids is 2. The SMILES string of the molecule is COC(=O)c1ccc2cc(Oc3cc(C)nc(Oc4ccc5cc(C(=O)OC)ccc5c4)n3)ccc2c1. The van der Waals surface area contributed by atoms with E-state index in [2.05, 4.69) is 9.97 Å². The van der Waals surface area contributed by atoms with Crippen LogP contribution in [0.4, 0.5) is 0 Å². The molecular formula is C29H22N2O6. The lowest BCUT2D eigenvalue weighted by molar-refractivity contribution is 0.0592. The number of carbonyl (C=O) groups is 2. The normalized spacial score (nSPS) is 10.8. The maximum absolute atomic E-state index is 11.8. The van der Waals surface area contributed by atoms with Gasteiger partial charge in [0.05, 0.1) is 25.3 Å². The average Bonchev–Trinajstić information content (AvgIpc) is 2.91. The van der Waals surface area contributed by atoms with Crippen molar-refractivity contribution in [3.05, 3.63) is 95.7 Å². The van der Waals surface area contributed by atoms with E-state index in [0.717, 1.165) is 21.5 Å². The van der Waals surface area contributed by atoms with Crippen LogP contribution in [0.5, 0.6) is 23.4 Å². The maximum Gasteiger partial charge on any atom is 0.337 e. The molecule has 8 heteroatoms. The van der Waals surface area contributed by atoms with Gasteiger partial charge in [-0.1, -0.05) is 24.3 Å². The van der Waals surface area contributed by atoms with Gasteiger partial charge in [-0.25, -0.2) is 9.59 Å². The predicted molar refractivity (Wildman–Crippen MR) is 137 cm³/mol. The smallest absolute Gasteiger partial charge is 0.337 e. The highest BCUT2D eigenvalue weighted by atomic mass is 16.5. The molecule has 0 amide bonds. The summed E-state index contributed by atoms with van der Waals surface area (Å²) in [6.45, 7) is 1.82. The second-order valence-corrected chi connectivity index (χ2v) is 8.26. The molecule has 0 aliphatic carbocycles. The highest BCUT2D eigenvalue weighted by molar-refractivity contribution is 5.96. The van der Waals surface area contributed by atoms with Gasteiger partial charge in [0.25, 0.3) is 0 Å². The Labute approximate surface area is 212 Å². The van der Waals surface area contributed by atoms with Crippen LogP contribution in [0.2, 0.25) is 0 Å². The Balaban J connectivity index is 1.36. The Kier molecular flexibility index (Phi) is 6.38. The van der Waals surface area contributed by atoms with E-state index >= 15 is 0 Å². The molecule has 0 spiro atoms.